The molecule has 0 fully saturated rings. The van der Waals surface area contributed by atoms with Crippen LogP contribution in [-0.2, 0) is 9.16 Å². The lowest BCUT2D eigenvalue weighted by Crippen LogP contribution is -2.35. The number of allylic oxidation sites excluding steroid dienone is 6. The molecule has 0 atom stereocenters. The van der Waals surface area contributed by atoms with Crippen molar-refractivity contribution in [1.82, 2.24) is 0 Å². The van der Waals surface area contributed by atoms with E-state index in [1.54, 1.807) is 7.11 Å². The Morgan fingerprint density at radius 1 is 1.12 bits per heavy atom. The zero-order valence-corrected chi connectivity index (χ0v) is 12.3. The third-order valence-corrected chi connectivity index (χ3v) is 5.16. The van der Waals surface area contributed by atoms with Gasteiger partial charge >= 0.3 is 0 Å². The first-order valence-corrected chi connectivity index (χ1v) is 8.53. The van der Waals surface area contributed by atoms with Crippen molar-refractivity contribution in [3.05, 3.63) is 35.1 Å². The first-order valence-electron chi connectivity index (χ1n) is 5.62. The summed E-state index contributed by atoms with van der Waals surface area (Å²) in [5.74, 6) is 0. The van der Waals surface area contributed by atoms with Crippen molar-refractivity contribution in [3.63, 3.8) is 0 Å². The Morgan fingerprint density at radius 3 is 2.12 bits per heavy atom. The van der Waals surface area contributed by atoms with Crippen LogP contribution in [0.5, 0.6) is 0 Å². The Hall–Kier alpha value is -0.643. The zero-order valence-electron chi connectivity index (χ0n) is 11.3. The van der Waals surface area contributed by atoms with Crippen molar-refractivity contribution in [2.24, 2.45) is 0 Å². The van der Waals surface area contributed by atoms with Gasteiger partial charge in [0.05, 0.1) is 0 Å². The fourth-order valence-corrected chi connectivity index (χ4v) is 3.85. The summed E-state index contributed by atoms with van der Waals surface area (Å²) < 4.78 is 10.8. The number of rotatable bonds is 6. The molecule has 3 heteroatoms. The Balaban J connectivity index is 4.98. The van der Waals surface area contributed by atoms with E-state index >= 15 is 0 Å². The third-order valence-electron chi connectivity index (χ3n) is 2.44. The lowest BCUT2D eigenvalue weighted by atomic mass is 10.2. The van der Waals surface area contributed by atoms with Crippen LogP contribution >= 0.6 is 0 Å². The highest BCUT2D eigenvalue weighted by molar-refractivity contribution is 6.79. The van der Waals surface area contributed by atoms with Crippen molar-refractivity contribution in [1.29, 1.82) is 0 Å². The monoisotopic (exact) mass is 240 g/mol. The number of hydrogen-bond acceptors (Lipinski definition) is 2. The SMILES string of the molecule is CC=CC(=CC)C(=CC)[Si](C)(C)OCOC. The molecular formula is C13H24O2Si. The zero-order chi connectivity index (χ0) is 12.6. The quantitative estimate of drug-likeness (QED) is 0.399. The third kappa shape index (κ3) is 4.47. The standard InChI is InChI=1S/C13H24O2Si/c1-7-10-12(8-2)13(9-3)16(5,6)15-11-14-4/h7-10H,11H2,1-6H3. The molecule has 0 aliphatic carbocycles. The fraction of sp³-hybridized carbons (Fsp3) is 0.538. The number of hydrogen-bond donors (Lipinski definition) is 0. The lowest BCUT2D eigenvalue weighted by Gasteiger charge is -2.26. The molecule has 0 aliphatic rings. The lowest BCUT2D eigenvalue weighted by molar-refractivity contribution is 0.0463. The fourth-order valence-electron chi connectivity index (χ4n) is 1.67. The average molecular weight is 240 g/mol. The molecule has 0 aromatic carbocycles. The van der Waals surface area contributed by atoms with Gasteiger partial charge in [-0.05, 0) is 44.6 Å². The largest absolute Gasteiger partial charge is 0.391 e. The highest BCUT2D eigenvalue weighted by Gasteiger charge is 2.28. The van der Waals surface area contributed by atoms with Gasteiger partial charge in [-0.15, -0.1) is 0 Å². The maximum atomic E-state index is 5.83. The molecular weight excluding hydrogens is 216 g/mol. The summed E-state index contributed by atoms with van der Waals surface area (Å²) in [6, 6.07) is 0. The van der Waals surface area contributed by atoms with Gasteiger partial charge in [-0.25, -0.2) is 0 Å². The highest BCUT2D eigenvalue weighted by atomic mass is 28.4. The molecule has 0 N–H and O–H groups in total. The van der Waals surface area contributed by atoms with E-state index in [9.17, 15) is 0 Å². The van der Waals surface area contributed by atoms with E-state index in [1.165, 1.54) is 10.8 Å². The van der Waals surface area contributed by atoms with Crippen LogP contribution in [-0.4, -0.2) is 22.2 Å². The van der Waals surface area contributed by atoms with Crippen LogP contribution in [0.3, 0.4) is 0 Å². The molecule has 0 saturated carbocycles. The second-order valence-corrected chi connectivity index (χ2v) is 7.86. The van der Waals surface area contributed by atoms with E-state index < -0.39 is 8.32 Å². The Labute approximate surface area is 101 Å². The van der Waals surface area contributed by atoms with Gasteiger partial charge in [0.2, 0.25) is 8.32 Å². The van der Waals surface area contributed by atoms with Crippen molar-refractivity contribution in [2.75, 3.05) is 13.9 Å². The van der Waals surface area contributed by atoms with Crippen LogP contribution in [0, 0.1) is 0 Å². The number of ether oxygens (including phenoxy) is 1. The van der Waals surface area contributed by atoms with Crippen LogP contribution in [0.15, 0.2) is 35.1 Å². The van der Waals surface area contributed by atoms with Gasteiger partial charge in [-0.2, -0.15) is 0 Å². The van der Waals surface area contributed by atoms with Gasteiger partial charge in [0.15, 0.2) is 0 Å². The van der Waals surface area contributed by atoms with E-state index in [4.69, 9.17) is 9.16 Å². The molecule has 92 valence electrons. The predicted octanol–water partition coefficient (Wildman–Crippen LogP) is 3.82. The molecule has 0 spiro atoms. The van der Waals surface area contributed by atoms with Crippen molar-refractivity contribution >= 4 is 8.32 Å². The molecule has 2 nitrogen and oxygen atoms in total. The van der Waals surface area contributed by atoms with E-state index in [1.807, 2.05) is 6.92 Å². The second kappa shape index (κ2) is 7.60. The Bertz CT molecular complexity index is 288. The molecule has 0 amide bonds. The van der Waals surface area contributed by atoms with Crippen molar-refractivity contribution < 1.29 is 9.16 Å². The molecule has 0 aromatic heterocycles. The molecule has 0 radical (unpaired) electrons. The molecule has 0 rings (SSSR count). The maximum absolute atomic E-state index is 5.83. The van der Waals surface area contributed by atoms with Gasteiger partial charge in [-0.3, -0.25) is 0 Å². The van der Waals surface area contributed by atoms with Crippen molar-refractivity contribution in [3.8, 4) is 0 Å². The predicted molar refractivity (Wildman–Crippen MR) is 72.8 cm³/mol. The summed E-state index contributed by atoms with van der Waals surface area (Å²) in [4.78, 5) is 0. The molecule has 0 saturated heterocycles. The minimum absolute atomic E-state index is 0.364. The van der Waals surface area contributed by atoms with Crippen LogP contribution < -0.4 is 0 Å². The summed E-state index contributed by atoms with van der Waals surface area (Å²) in [7, 11) is -0.203. The van der Waals surface area contributed by atoms with Gasteiger partial charge in [0.25, 0.3) is 0 Å². The summed E-state index contributed by atoms with van der Waals surface area (Å²) >= 11 is 0. The van der Waals surface area contributed by atoms with E-state index in [-0.39, 0.29) is 0 Å². The molecule has 16 heavy (non-hydrogen) atoms. The smallest absolute Gasteiger partial charge is 0.221 e. The molecule has 0 bridgehead atoms. The van der Waals surface area contributed by atoms with Gasteiger partial charge in [0, 0.05) is 7.11 Å². The highest BCUT2D eigenvalue weighted by Crippen LogP contribution is 2.24. The van der Waals surface area contributed by atoms with E-state index in [0.29, 0.717) is 6.79 Å². The summed E-state index contributed by atoms with van der Waals surface area (Å²) in [5.41, 5.74) is 1.25. The summed E-state index contributed by atoms with van der Waals surface area (Å²) in [6.07, 6.45) is 8.46. The average Bonchev–Trinajstić information content (AvgIpc) is 2.26. The number of methoxy groups -OCH3 is 1. The molecule has 0 unspecified atom stereocenters. The minimum Gasteiger partial charge on any atom is -0.391 e. The topological polar surface area (TPSA) is 18.5 Å². The molecule has 0 aliphatic heterocycles. The second-order valence-electron chi connectivity index (χ2n) is 4.01. The van der Waals surface area contributed by atoms with Gasteiger partial charge < -0.3 is 9.16 Å². The van der Waals surface area contributed by atoms with Crippen LogP contribution in [0.1, 0.15) is 20.8 Å². The van der Waals surface area contributed by atoms with E-state index in [0.717, 1.165) is 0 Å². The maximum Gasteiger partial charge on any atom is 0.221 e. The van der Waals surface area contributed by atoms with Crippen molar-refractivity contribution in [2.45, 2.75) is 33.9 Å². The molecule has 0 heterocycles. The molecule has 0 aromatic rings. The van der Waals surface area contributed by atoms with Gasteiger partial charge in [-0.1, -0.05) is 24.3 Å². The van der Waals surface area contributed by atoms with Crippen LogP contribution in [0.4, 0.5) is 0 Å². The van der Waals surface area contributed by atoms with E-state index in [2.05, 4.69) is 51.2 Å². The Morgan fingerprint density at radius 2 is 1.75 bits per heavy atom. The minimum atomic E-state index is -1.86. The summed E-state index contributed by atoms with van der Waals surface area (Å²) in [6.45, 7) is 10.9. The Kier molecular flexibility index (Phi) is 7.30. The first-order chi connectivity index (χ1) is 7.53. The van der Waals surface area contributed by atoms with Crippen LogP contribution in [0.2, 0.25) is 13.1 Å². The normalized spacial score (nSPS) is 14.9. The first kappa shape index (κ1) is 15.4. The van der Waals surface area contributed by atoms with Gasteiger partial charge in [0.1, 0.15) is 6.79 Å². The van der Waals surface area contributed by atoms with Crippen LogP contribution in [0.25, 0.3) is 0 Å². The summed E-state index contributed by atoms with van der Waals surface area (Å²) in [5, 5.41) is 1.31.